The summed E-state index contributed by atoms with van der Waals surface area (Å²) in [7, 11) is 0. The second kappa shape index (κ2) is 5.02. The molecule has 3 heteroatoms. The first kappa shape index (κ1) is 11.7. The Bertz CT molecular complexity index is 334. The molecule has 0 spiro atoms. The van der Waals surface area contributed by atoms with E-state index in [0.29, 0.717) is 12.0 Å². The summed E-state index contributed by atoms with van der Waals surface area (Å²) in [5, 5.41) is 0. The van der Waals surface area contributed by atoms with Crippen LogP contribution in [0.2, 0.25) is 0 Å². The summed E-state index contributed by atoms with van der Waals surface area (Å²) in [4.78, 5) is 2.45. The summed E-state index contributed by atoms with van der Waals surface area (Å²) < 4.78 is 5.61. The molecule has 0 radical (unpaired) electrons. The fraction of sp³-hybridized carbons (Fsp3) is 0.692. The molecule has 90 valence electrons. The van der Waals surface area contributed by atoms with E-state index in [9.17, 15) is 0 Å². The number of furan rings is 1. The molecule has 0 aromatic carbocycles. The Kier molecular flexibility index (Phi) is 3.66. The molecule has 3 nitrogen and oxygen atoms in total. The molecule has 2 rings (SSSR count). The minimum Gasteiger partial charge on any atom is -0.465 e. The standard InChI is InChI=1S/C13H22N2O/c1-3-11-8-15(7-6-13(11)14)9-12-5-4-10(2)16-12/h4-5,11,13H,3,6-9,14H2,1-2H3. The summed E-state index contributed by atoms with van der Waals surface area (Å²) in [6, 6.07) is 4.49. The highest BCUT2D eigenvalue weighted by molar-refractivity contribution is 5.05. The molecular weight excluding hydrogens is 200 g/mol. The van der Waals surface area contributed by atoms with Gasteiger partial charge in [-0.2, -0.15) is 0 Å². The fourth-order valence-corrected chi connectivity index (χ4v) is 2.49. The molecule has 16 heavy (non-hydrogen) atoms. The van der Waals surface area contributed by atoms with Gasteiger partial charge in [0.1, 0.15) is 11.5 Å². The number of nitrogens with zero attached hydrogens (tertiary/aromatic N) is 1. The van der Waals surface area contributed by atoms with Gasteiger partial charge in [-0.15, -0.1) is 0 Å². The van der Waals surface area contributed by atoms with Crippen molar-refractivity contribution in [1.29, 1.82) is 0 Å². The van der Waals surface area contributed by atoms with Crippen molar-refractivity contribution < 1.29 is 4.42 Å². The Morgan fingerprint density at radius 3 is 2.94 bits per heavy atom. The lowest BCUT2D eigenvalue weighted by Crippen LogP contribution is -2.46. The Balaban J connectivity index is 1.91. The van der Waals surface area contributed by atoms with Crippen LogP contribution in [0.3, 0.4) is 0 Å². The van der Waals surface area contributed by atoms with Gasteiger partial charge in [-0.25, -0.2) is 0 Å². The highest BCUT2D eigenvalue weighted by Crippen LogP contribution is 2.20. The third-order valence-electron chi connectivity index (χ3n) is 3.58. The fourth-order valence-electron chi connectivity index (χ4n) is 2.49. The van der Waals surface area contributed by atoms with Gasteiger partial charge in [0.05, 0.1) is 6.54 Å². The molecule has 1 aromatic heterocycles. The molecular formula is C13H22N2O. The van der Waals surface area contributed by atoms with Gasteiger partial charge in [0.2, 0.25) is 0 Å². The van der Waals surface area contributed by atoms with Crippen molar-refractivity contribution in [3.63, 3.8) is 0 Å². The summed E-state index contributed by atoms with van der Waals surface area (Å²) in [5.74, 6) is 2.71. The van der Waals surface area contributed by atoms with Crippen molar-refractivity contribution >= 4 is 0 Å². The Hall–Kier alpha value is -0.800. The molecule has 2 unspecified atom stereocenters. The minimum atomic E-state index is 0.389. The van der Waals surface area contributed by atoms with Gasteiger partial charge in [0.15, 0.2) is 0 Å². The summed E-state index contributed by atoms with van der Waals surface area (Å²) in [5.41, 5.74) is 6.10. The molecule has 0 amide bonds. The monoisotopic (exact) mass is 222 g/mol. The highest BCUT2D eigenvalue weighted by Gasteiger charge is 2.25. The van der Waals surface area contributed by atoms with Gasteiger partial charge < -0.3 is 10.2 Å². The van der Waals surface area contributed by atoms with Crippen LogP contribution >= 0.6 is 0 Å². The van der Waals surface area contributed by atoms with E-state index in [0.717, 1.165) is 37.6 Å². The van der Waals surface area contributed by atoms with Crippen LogP contribution in [0, 0.1) is 12.8 Å². The van der Waals surface area contributed by atoms with Gasteiger partial charge >= 0.3 is 0 Å². The minimum absolute atomic E-state index is 0.389. The van der Waals surface area contributed by atoms with Crippen LogP contribution in [-0.4, -0.2) is 24.0 Å². The summed E-state index contributed by atoms with van der Waals surface area (Å²) in [6.07, 6.45) is 2.28. The maximum absolute atomic E-state index is 6.10. The molecule has 2 N–H and O–H groups in total. The predicted molar refractivity (Wildman–Crippen MR) is 65.1 cm³/mol. The van der Waals surface area contributed by atoms with Crippen molar-refractivity contribution in [2.24, 2.45) is 11.7 Å². The van der Waals surface area contributed by atoms with Crippen LogP contribution in [0.25, 0.3) is 0 Å². The van der Waals surface area contributed by atoms with E-state index in [2.05, 4.69) is 17.9 Å². The molecule has 0 saturated carbocycles. The number of likely N-dealkylation sites (tertiary alicyclic amines) is 1. The molecule has 1 aliphatic heterocycles. The lowest BCUT2D eigenvalue weighted by atomic mass is 9.91. The van der Waals surface area contributed by atoms with E-state index in [-0.39, 0.29) is 0 Å². The lowest BCUT2D eigenvalue weighted by Gasteiger charge is -2.36. The predicted octanol–water partition coefficient (Wildman–Crippen LogP) is 2.15. The number of nitrogens with two attached hydrogens (primary N) is 1. The average Bonchev–Trinajstić information content (AvgIpc) is 2.67. The number of rotatable bonds is 3. The average molecular weight is 222 g/mol. The molecule has 2 heterocycles. The second-order valence-corrected chi connectivity index (χ2v) is 4.87. The molecule has 0 aliphatic carbocycles. The van der Waals surface area contributed by atoms with E-state index >= 15 is 0 Å². The third kappa shape index (κ3) is 2.66. The zero-order valence-electron chi connectivity index (χ0n) is 10.3. The number of hydrogen-bond donors (Lipinski definition) is 1. The van der Waals surface area contributed by atoms with E-state index in [1.807, 2.05) is 13.0 Å². The molecule has 1 saturated heterocycles. The van der Waals surface area contributed by atoms with Crippen LogP contribution in [0.15, 0.2) is 16.5 Å². The first-order valence-electron chi connectivity index (χ1n) is 6.22. The smallest absolute Gasteiger partial charge is 0.118 e. The molecule has 2 atom stereocenters. The first-order chi connectivity index (χ1) is 7.69. The Labute approximate surface area is 97.6 Å². The highest BCUT2D eigenvalue weighted by atomic mass is 16.3. The Morgan fingerprint density at radius 2 is 2.31 bits per heavy atom. The normalized spacial score (nSPS) is 27.2. The Morgan fingerprint density at radius 1 is 1.50 bits per heavy atom. The maximum atomic E-state index is 6.10. The maximum Gasteiger partial charge on any atom is 0.118 e. The van der Waals surface area contributed by atoms with Gasteiger partial charge in [-0.05, 0) is 31.4 Å². The topological polar surface area (TPSA) is 42.4 Å². The van der Waals surface area contributed by atoms with Gasteiger partial charge in [0, 0.05) is 19.1 Å². The molecule has 1 aliphatic rings. The third-order valence-corrected chi connectivity index (χ3v) is 3.58. The van der Waals surface area contributed by atoms with Crippen LogP contribution in [0.5, 0.6) is 0 Å². The van der Waals surface area contributed by atoms with Gasteiger partial charge in [-0.3, -0.25) is 4.90 Å². The van der Waals surface area contributed by atoms with Crippen molar-refractivity contribution in [3.05, 3.63) is 23.7 Å². The van der Waals surface area contributed by atoms with Crippen LogP contribution in [-0.2, 0) is 6.54 Å². The van der Waals surface area contributed by atoms with E-state index in [1.165, 1.54) is 6.42 Å². The summed E-state index contributed by atoms with van der Waals surface area (Å²) >= 11 is 0. The van der Waals surface area contributed by atoms with E-state index in [1.54, 1.807) is 0 Å². The van der Waals surface area contributed by atoms with Crippen molar-refractivity contribution in [3.8, 4) is 0 Å². The largest absolute Gasteiger partial charge is 0.465 e. The molecule has 1 fully saturated rings. The zero-order valence-corrected chi connectivity index (χ0v) is 10.3. The number of aryl methyl sites for hydroxylation is 1. The zero-order chi connectivity index (χ0) is 11.5. The lowest BCUT2D eigenvalue weighted by molar-refractivity contribution is 0.136. The van der Waals surface area contributed by atoms with Gasteiger partial charge in [-0.1, -0.05) is 13.3 Å². The van der Waals surface area contributed by atoms with Crippen molar-refractivity contribution in [2.75, 3.05) is 13.1 Å². The second-order valence-electron chi connectivity index (χ2n) is 4.87. The quantitative estimate of drug-likeness (QED) is 0.852. The SMILES string of the molecule is CCC1CN(Cc2ccc(C)o2)CCC1N. The van der Waals surface area contributed by atoms with Crippen LogP contribution in [0.4, 0.5) is 0 Å². The summed E-state index contributed by atoms with van der Waals surface area (Å²) in [6.45, 7) is 7.35. The van der Waals surface area contributed by atoms with Gasteiger partial charge in [0.25, 0.3) is 0 Å². The molecule has 1 aromatic rings. The number of piperidine rings is 1. The van der Waals surface area contributed by atoms with Crippen LogP contribution < -0.4 is 5.73 Å². The van der Waals surface area contributed by atoms with Crippen molar-refractivity contribution in [2.45, 2.75) is 39.3 Å². The number of hydrogen-bond acceptors (Lipinski definition) is 3. The first-order valence-corrected chi connectivity index (χ1v) is 6.22. The van der Waals surface area contributed by atoms with E-state index in [4.69, 9.17) is 10.2 Å². The van der Waals surface area contributed by atoms with Crippen molar-refractivity contribution in [1.82, 2.24) is 4.90 Å². The van der Waals surface area contributed by atoms with Crippen LogP contribution in [0.1, 0.15) is 31.3 Å². The molecule has 0 bridgehead atoms. The van der Waals surface area contributed by atoms with E-state index < -0.39 is 0 Å².